The Bertz CT molecular complexity index is 697. The van der Waals surface area contributed by atoms with Crippen molar-refractivity contribution in [2.45, 2.75) is 39.7 Å². The van der Waals surface area contributed by atoms with E-state index < -0.39 is 0 Å². The number of aromatic nitrogens is 1. The van der Waals surface area contributed by atoms with Gasteiger partial charge in [0, 0.05) is 23.9 Å². The van der Waals surface area contributed by atoms with Gasteiger partial charge in [0.15, 0.2) is 5.76 Å². The average Bonchev–Trinajstić information content (AvgIpc) is 3.01. The Balaban J connectivity index is 1.85. The molecule has 2 aromatic rings. The van der Waals surface area contributed by atoms with E-state index >= 15 is 0 Å². The number of carbonyl (C=O) groups excluding carboxylic acids is 2. The van der Waals surface area contributed by atoms with Gasteiger partial charge in [0.25, 0.3) is 0 Å². The van der Waals surface area contributed by atoms with Crippen molar-refractivity contribution in [2.24, 2.45) is 0 Å². The molecule has 7 heteroatoms. The number of hydrogen-bond acceptors (Lipinski definition) is 4. The van der Waals surface area contributed by atoms with Crippen LogP contribution in [0.2, 0.25) is 0 Å². The standard InChI is InChI=1S/C17H22N4O3/c1-3-6-16(22)19-13-7-5-8-14(9-13)20-17(23)18-11-15-10-12(4-2)21-24-15/h5,7-10H,3-4,6,11H2,1-2H3,(H,19,22)(H2,18,20,23). The Hall–Kier alpha value is -2.83. The third-order valence-corrected chi connectivity index (χ3v) is 3.27. The first-order valence-electron chi connectivity index (χ1n) is 8.00. The first kappa shape index (κ1) is 17.5. The summed E-state index contributed by atoms with van der Waals surface area (Å²) in [6.45, 7) is 4.18. The topological polar surface area (TPSA) is 96.3 Å². The number of nitrogens with zero attached hydrogens (tertiary/aromatic N) is 1. The lowest BCUT2D eigenvalue weighted by Gasteiger charge is -2.09. The Morgan fingerprint density at radius 3 is 2.54 bits per heavy atom. The minimum absolute atomic E-state index is 0.0452. The van der Waals surface area contributed by atoms with E-state index in [1.54, 1.807) is 24.3 Å². The van der Waals surface area contributed by atoms with Gasteiger partial charge in [-0.05, 0) is 31.0 Å². The number of nitrogens with one attached hydrogen (secondary N) is 3. The highest BCUT2D eigenvalue weighted by atomic mass is 16.5. The Labute approximate surface area is 140 Å². The van der Waals surface area contributed by atoms with Crippen LogP contribution in [0.15, 0.2) is 34.9 Å². The lowest BCUT2D eigenvalue weighted by Crippen LogP contribution is -2.28. The molecule has 0 aliphatic rings. The van der Waals surface area contributed by atoms with Crippen LogP contribution < -0.4 is 16.0 Å². The molecular weight excluding hydrogens is 308 g/mol. The van der Waals surface area contributed by atoms with Gasteiger partial charge in [0.2, 0.25) is 5.91 Å². The molecule has 2 rings (SSSR count). The van der Waals surface area contributed by atoms with Crippen LogP contribution in [0.3, 0.4) is 0 Å². The van der Waals surface area contributed by atoms with Crippen molar-refractivity contribution in [1.82, 2.24) is 10.5 Å². The summed E-state index contributed by atoms with van der Waals surface area (Å²) < 4.78 is 5.10. The molecule has 1 aromatic heterocycles. The summed E-state index contributed by atoms with van der Waals surface area (Å²) in [5, 5.41) is 12.1. The number of hydrogen-bond donors (Lipinski definition) is 3. The Morgan fingerprint density at radius 1 is 1.12 bits per heavy atom. The van der Waals surface area contributed by atoms with Crippen LogP contribution in [-0.2, 0) is 17.8 Å². The molecule has 0 aliphatic carbocycles. The molecule has 0 unspecified atom stereocenters. The molecular formula is C17H22N4O3. The Kier molecular flexibility index (Phi) is 6.36. The minimum atomic E-state index is -0.360. The second kappa shape index (κ2) is 8.71. The van der Waals surface area contributed by atoms with Crippen LogP contribution >= 0.6 is 0 Å². The second-order valence-corrected chi connectivity index (χ2v) is 5.32. The van der Waals surface area contributed by atoms with Crippen molar-refractivity contribution in [3.63, 3.8) is 0 Å². The summed E-state index contributed by atoms with van der Waals surface area (Å²) >= 11 is 0. The molecule has 0 aliphatic heterocycles. The van der Waals surface area contributed by atoms with Gasteiger partial charge in [-0.15, -0.1) is 0 Å². The maximum absolute atomic E-state index is 11.9. The van der Waals surface area contributed by atoms with Crippen molar-refractivity contribution in [2.75, 3.05) is 10.6 Å². The average molecular weight is 330 g/mol. The first-order valence-corrected chi connectivity index (χ1v) is 8.00. The summed E-state index contributed by atoms with van der Waals surface area (Å²) in [7, 11) is 0. The lowest BCUT2D eigenvalue weighted by molar-refractivity contribution is -0.116. The molecule has 0 radical (unpaired) electrons. The van der Waals surface area contributed by atoms with Gasteiger partial charge >= 0.3 is 6.03 Å². The van der Waals surface area contributed by atoms with Crippen LogP contribution in [0.1, 0.15) is 38.1 Å². The van der Waals surface area contributed by atoms with Gasteiger partial charge in [-0.2, -0.15) is 0 Å². The second-order valence-electron chi connectivity index (χ2n) is 5.32. The number of anilines is 2. The zero-order valence-corrected chi connectivity index (χ0v) is 13.9. The molecule has 3 N–H and O–H groups in total. The van der Waals surface area contributed by atoms with Gasteiger partial charge in [-0.1, -0.05) is 25.1 Å². The fourth-order valence-corrected chi connectivity index (χ4v) is 2.07. The van der Waals surface area contributed by atoms with Gasteiger partial charge in [0.1, 0.15) is 0 Å². The molecule has 128 valence electrons. The van der Waals surface area contributed by atoms with E-state index in [0.29, 0.717) is 23.6 Å². The van der Waals surface area contributed by atoms with Crippen LogP contribution in [0.4, 0.5) is 16.2 Å². The van der Waals surface area contributed by atoms with Gasteiger partial charge in [-0.25, -0.2) is 4.79 Å². The molecule has 3 amide bonds. The molecule has 0 bridgehead atoms. The van der Waals surface area contributed by atoms with Crippen molar-refractivity contribution in [1.29, 1.82) is 0 Å². The minimum Gasteiger partial charge on any atom is -0.359 e. The third kappa shape index (κ3) is 5.42. The van der Waals surface area contributed by atoms with Gasteiger partial charge < -0.3 is 20.5 Å². The fourth-order valence-electron chi connectivity index (χ4n) is 2.07. The largest absolute Gasteiger partial charge is 0.359 e. The number of amides is 3. The molecule has 0 saturated carbocycles. The Morgan fingerprint density at radius 2 is 1.88 bits per heavy atom. The quantitative estimate of drug-likeness (QED) is 0.725. The van der Waals surface area contributed by atoms with Crippen LogP contribution in [0, 0.1) is 0 Å². The molecule has 1 heterocycles. The van der Waals surface area contributed by atoms with Crippen LogP contribution in [0.5, 0.6) is 0 Å². The maximum Gasteiger partial charge on any atom is 0.319 e. The monoisotopic (exact) mass is 330 g/mol. The highest BCUT2D eigenvalue weighted by Crippen LogP contribution is 2.15. The van der Waals surface area contributed by atoms with E-state index in [-0.39, 0.29) is 18.5 Å². The predicted octanol–water partition coefficient (Wildman–Crippen LogP) is 3.30. The molecule has 0 saturated heterocycles. The highest BCUT2D eigenvalue weighted by molar-refractivity contribution is 5.93. The molecule has 7 nitrogen and oxygen atoms in total. The molecule has 1 aromatic carbocycles. The third-order valence-electron chi connectivity index (χ3n) is 3.27. The van der Waals surface area contributed by atoms with Crippen molar-refractivity contribution in [3.05, 3.63) is 41.8 Å². The summed E-state index contributed by atoms with van der Waals surface area (Å²) in [5.41, 5.74) is 2.09. The van der Waals surface area contributed by atoms with E-state index in [9.17, 15) is 9.59 Å². The zero-order valence-electron chi connectivity index (χ0n) is 13.9. The lowest BCUT2D eigenvalue weighted by atomic mass is 10.2. The summed E-state index contributed by atoms with van der Waals surface area (Å²) in [6, 6.07) is 8.44. The highest BCUT2D eigenvalue weighted by Gasteiger charge is 2.07. The number of carbonyl (C=O) groups is 2. The van der Waals surface area contributed by atoms with E-state index in [1.165, 1.54) is 0 Å². The van der Waals surface area contributed by atoms with Crippen LogP contribution in [0.25, 0.3) is 0 Å². The summed E-state index contributed by atoms with van der Waals surface area (Å²) in [5.74, 6) is 0.554. The summed E-state index contributed by atoms with van der Waals surface area (Å²) in [6.07, 6.45) is 2.04. The van der Waals surface area contributed by atoms with E-state index in [2.05, 4.69) is 21.1 Å². The fraction of sp³-hybridized carbons (Fsp3) is 0.353. The first-order chi connectivity index (χ1) is 11.6. The predicted molar refractivity (Wildman–Crippen MR) is 91.7 cm³/mol. The SMILES string of the molecule is CCCC(=O)Nc1cccc(NC(=O)NCc2cc(CC)no2)c1. The maximum atomic E-state index is 11.9. The van der Waals surface area contributed by atoms with Crippen molar-refractivity contribution < 1.29 is 14.1 Å². The molecule has 0 spiro atoms. The normalized spacial score (nSPS) is 10.2. The summed E-state index contributed by atoms with van der Waals surface area (Å²) in [4.78, 5) is 23.5. The number of aryl methyl sites for hydroxylation is 1. The van der Waals surface area contributed by atoms with E-state index in [1.807, 2.05) is 19.9 Å². The molecule has 24 heavy (non-hydrogen) atoms. The number of benzene rings is 1. The number of rotatable bonds is 7. The van der Waals surface area contributed by atoms with Crippen molar-refractivity contribution >= 4 is 23.3 Å². The number of urea groups is 1. The molecule has 0 fully saturated rings. The van der Waals surface area contributed by atoms with Gasteiger partial charge in [-0.3, -0.25) is 4.79 Å². The van der Waals surface area contributed by atoms with E-state index in [4.69, 9.17) is 4.52 Å². The van der Waals surface area contributed by atoms with Crippen LogP contribution in [-0.4, -0.2) is 17.1 Å². The van der Waals surface area contributed by atoms with Crippen molar-refractivity contribution in [3.8, 4) is 0 Å². The smallest absolute Gasteiger partial charge is 0.319 e. The van der Waals surface area contributed by atoms with E-state index in [0.717, 1.165) is 18.5 Å². The molecule has 0 atom stereocenters. The van der Waals surface area contributed by atoms with Gasteiger partial charge in [0.05, 0.1) is 12.2 Å². The zero-order chi connectivity index (χ0) is 17.4.